The molecule has 1 amide bonds. The molecule has 0 bridgehead atoms. The SMILES string of the molecule is O=C1CC(c2cc(Cl)c3c(c2)OCCO3)N1S(=O)(=O)Cl. The van der Waals surface area contributed by atoms with Gasteiger partial charge in [0, 0.05) is 10.7 Å². The molecule has 1 atom stereocenters. The molecule has 108 valence electrons. The first-order valence-corrected chi connectivity index (χ1v) is 8.38. The van der Waals surface area contributed by atoms with Gasteiger partial charge in [0.2, 0.25) is 5.91 Å². The molecule has 0 spiro atoms. The molecular formula is C11H9Cl2NO5S. The van der Waals surface area contributed by atoms with Crippen LogP contribution in [0.3, 0.4) is 0 Å². The minimum atomic E-state index is -4.11. The minimum Gasteiger partial charge on any atom is -0.486 e. The third-order valence-electron chi connectivity index (χ3n) is 3.14. The molecule has 2 heterocycles. The maximum Gasteiger partial charge on any atom is 0.324 e. The van der Waals surface area contributed by atoms with Crippen LogP contribution in [0.15, 0.2) is 12.1 Å². The zero-order valence-electron chi connectivity index (χ0n) is 10.0. The molecular weight excluding hydrogens is 329 g/mol. The van der Waals surface area contributed by atoms with Gasteiger partial charge in [0.1, 0.15) is 13.2 Å². The maximum atomic E-state index is 11.4. The van der Waals surface area contributed by atoms with Crippen molar-refractivity contribution in [2.75, 3.05) is 13.2 Å². The monoisotopic (exact) mass is 337 g/mol. The van der Waals surface area contributed by atoms with Crippen LogP contribution in [0.2, 0.25) is 5.02 Å². The van der Waals surface area contributed by atoms with Crippen LogP contribution < -0.4 is 9.47 Å². The molecule has 0 saturated carbocycles. The highest BCUT2D eigenvalue weighted by Crippen LogP contribution is 2.45. The number of halogens is 2. The molecule has 6 nitrogen and oxygen atoms in total. The Morgan fingerprint density at radius 3 is 2.60 bits per heavy atom. The standard InChI is InChI=1S/C11H9Cl2NO5S/c12-7-3-6(4-9-11(7)19-2-1-18-9)8-5-10(15)14(8)20(13,16)17/h3-4,8H,1-2,5H2. The van der Waals surface area contributed by atoms with E-state index in [0.29, 0.717) is 39.6 Å². The normalized spacial score (nSPS) is 21.6. The lowest BCUT2D eigenvalue weighted by Gasteiger charge is -2.37. The fourth-order valence-electron chi connectivity index (χ4n) is 2.25. The summed E-state index contributed by atoms with van der Waals surface area (Å²) < 4.78 is 34.2. The lowest BCUT2D eigenvalue weighted by Crippen LogP contribution is -2.47. The van der Waals surface area contributed by atoms with E-state index in [9.17, 15) is 13.2 Å². The zero-order valence-corrected chi connectivity index (χ0v) is 12.3. The Kier molecular flexibility index (Phi) is 3.23. The van der Waals surface area contributed by atoms with Gasteiger partial charge >= 0.3 is 9.24 Å². The van der Waals surface area contributed by atoms with Gasteiger partial charge in [-0.15, -0.1) is 0 Å². The van der Waals surface area contributed by atoms with Crippen molar-refractivity contribution < 1.29 is 22.7 Å². The van der Waals surface area contributed by atoms with Gasteiger partial charge in [-0.25, -0.2) is 4.31 Å². The van der Waals surface area contributed by atoms with Crippen molar-refractivity contribution >= 4 is 37.4 Å². The number of carbonyl (C=O) groups excluding carboxylic acids is 1. The summed E-state index contributed by atoms with van der Waals surface area (Å²) in [7, 11) is 1.14. The van der Waals surface area contributed by atoms with Crippen LogP contribution >= 0.6 is 22.3 Å². The number of rotatable bonds is 2. The first-order chi connectivity index (χ1) is 9.38. The number of carbonyl (C=O) groups is 1. The molecule has 20 heavy (non-hydrogen) atoms. The summed E-state index contributed by atoms with van der Waals surface area (Å²) in [4.78, 5) is 11.4. The van der Waals surface area contributed by atoms with Crippen LogP contribution in [-0.2, 0) is 14.0 Å². The Labute approximate surface area is 124 Å². The first-order valence-electron chi connectivity index (χ1n) is 5.74. The van der Waals surface area contributed by atoms with E-state index in [2.05, 4.69) is 0 Å². The number of ether oxygens (including phenoxy) is 2. The van der Waals surface area contributed by atoms with E-state index in [1.807, 2.05) is 0 Å². The van der Waals surface area contributed by atoms with Crippen LogP contribution in [0.5, 0.6) is 11.5 Å². The smallest absolute Gasteiger partial charge is 0.324 e. The van der Waals surface area contributed by atoms with Crippen molar-refractivity contribution in [3.63, 3.8) is 0 Å². The Bertz CT molecular complexity index is 690. The Morgan fingerprint density at radius 2 is 1.95 bits per heavy atom. The summed E-state index contributed by atoms with van der Waals surface area (Å²) in [5.41, 5.74) is 0.545. The van der Waals surface area contributed by atoms with Crippen LogP contribution in [0.25, 0.3) is 0 Å². The first kappa shape index (κ1) is 13.8. The summed E-state index contributed by atoms with van der Waals surface area (Å²) in [6.45, 7) is 0.782. The molecule has 2 aliphatic rings. The molecule has 1 aromatic carbocycles. The van der Waals surface area contributed by atoms with Crippen LogP contribution in [0, 0.1) is 0 Å². The number of hydrogen-bond acceptors (Lipinski definition) is 5. The summed E-state index contributed by atoms with van der Waals surface area (Å²) in [5, 5.41) is 0.309. The van der Waals surface area contributed by atoms with Gasteiger partial charge in [0.05, 0.1) is 17.5 Å². The van der Waals surface area contributed by atoms with Crippen molar-refractivity contribution in [1.82, 2.24) is 4.31 Å². The predicted molar refractivity (Wildman–Crippen MR) is 71.4 cm³/mol. The van der Waals surface area contributed by atoms with Gasteiger partial charge in [-0.1, -0.05) is 11.6 Å². The Balaban J connectivity index is 2.00. The number of fused-ring (bicyclic) bond motifs is 1. The van der Waals surface area contributed by atoms with E-state index in [1.54, 1.807) is 12.1 Å². The maximum absolute atomic E-state index is 11.4. The zero-order chi connectivity index (χ0) is 14.5. The van der Waals surface area contributed by atoms with Gasteiger partial charge in [-0.2, -0.15) is 8.42 Å². The minimum absolute atomic E-state index is 0.0575. The molecule has 1 unspecified atom stereocenters. The molecule has 0 N–H and O–H groups in total. The van der Waals surface area contributed by atoms with Gasteiger partial charge in [0.15, 0.2) is 11.5 Å². The predicted octanol–water partition coefficient (Wildman–Crippen LogP) is 1.87. The van der Waals surface area contributed by atoms with Gasteiger partial charge < -0.3 is 9.47 Å². The van der Waals surface area contributed by atoms with Crippen LogP contribution in [-0.4, -0.2) is 31.8 Å². The van der Waals surface area contributed by atoms with Crippen molar-refractivity contribution in [3.05, 3.63) is 22.7 Å². The van der Waals surface area contributed by atoms with Crippen molar-refractivity contribution in [2.24, 2.45) is 0 Å². The van der Waals surface area contributed by atoms with Gasteiger partial charge in [-0.3, -0.25) is 4.79 Å². The molecule has 0 aliphatic carbocycles. The second-order valence-electron chi connectivity index (χ2n) is 4.38. The van der Waals surface area contributed by atoms with Crippen molar-refractivity contribution in [1.29, 1.82) is 0 Å². The van der Waals surface area contributed by atoms with Gasteiger partial charge in [0.25, 0.3) is 0 Å². The summed E-state index contributed by atoms with van der Waals surface area (Å²) in [5.74, 6) is 0.314. The highest BCUT2D eigenvalue weighted by molar-refractivity contribution is 8.12. The van der Waals surface area contributed by atoms with E-state index in [4.69, 9.17) is 31.8 Å². The number of nitrogens with zero attached hydrogens (tertiary/aromatic N) is 1. The van der Waals surface area contributed by atoms with E-state index < -0.39 is 21.2 Å². The number of benzene rings is 1. The highest BCUT2D eigenvalue weighted by Gasteiger charge is 2.45. The third kappa shape index (κ3) is 2.19. The number of amides is 1. The lowest BCUT2D eigenvalue weighted by molar-refractivity contribution is -0.137. The van der Waals surface area contributed by atoms with Crippen molar-refractivity contribution in [3.8, 4) is 11.5 Å². The molecule has 1 aromatic rings. The molecule has 0 aromatic heterocycles. The lowest BCUT2D eigenvalue weighted by atomic mass is 9.96. The van der Waals surface area contributed by atoms with Crippen LogP contribution in [0.4, 0.5) is 0 Å². The topological polar surface area (TPSA) is 72.9 Å². The molecule has 1 saturated heterocycles. The fourth-order valence-corrected chi connectivity index (χ4v) is 3.86. The molecule has 0 radical (unpaired) electrons. The quantitative estimate of drug-likeness (QED) is 0.608. The summed E-state index contributed by atoms with van der Waals surface area (Å²) in [6.07, 6.45) is 0.0575. The Hall–Kier alpha value is -1.18. The van der Waals surface area contributed by atoms with Crippen molar-refractivity contribution in [2.45, 2.75) is 12.5 Å². The second-order valence-corrected chi connectivity index (χ2v) is 7.17. The van der Waals surface area contributed by atoms with E-state index in [-0.39, 0.29) is 6.42 Å². The summed E-state index contributed by atoms with van der Waals surface area (Å²) in [6, 6.07) is 2.52. The molecule has 2 aliphatic heterocycles. The Morgan fingerprint density at radius 1 is 1.25 bits per heavy atom. The average Bonchev–Trinajstić information content (AvgIpc) is 2.33. The average molecular weight is 338 g/mol. The highest BCUT2D eigenvalue weighted by atomic mass is 35.7. The van der Waals surface area contributed by atoms with Gasteiger partial charge in [-0.05, 0) is 17.7 Å². The van der Waals surface area contributed by atoms with E-state index in [0.717, 1.165) is 0 Å². The molecule has 9 heteroatoms. The van der Waals surface area contributed by atoms with E-state index in [1.165, 1.54) is 0 Å². The van der Waals surface area contributed by atoms with Crippen LogP contribution in [0.1, 0.15) is 18.0 Å². The number of β-lactam (4-membered cyclic amide) rings is 1. The largest absolute Gasteiger partial charge is 0.486 e. The van der Waals surface area contributed by atoms with E-state index >= 15 is 0 Å². The fraction of sp³-hybridized carbons (Fsp3) is 0.364. The molecule has 3 rings (SSSR count). The molecule has 1 fully saturated rings. The summed E-state index contributed by atoms with van der Waals surface area (Å²) >= 11 is 6.08. The number of hydrogen-bond donors (Lipinski definition) is 0. The third-order valence-corrected chi connectivity index (χ3v) is 4.79. The second kappa shape index (κ2) is 4.68.